The summed E-state index contributed by atoms with van der Waals surface area (Å²) in [5.74, 6) is -2.17. The minimum absolute atomic E-state index is 0.0124. The zero-order valence-electron chi connectivity index (χ0n) is 10.8. The van der Waals surface area contributed by atoms with Gasteiger partial charge in [-0.25, -0.2) is 9.18 Å². The highest BCUT2D eigenvalue weighted by molar-refractivity contribution is 5.93. The van der Waals surface area contributed by atoms with Crippen molar-refractivity contribution in [2.24, 2.45) is 0 Å². The number of methoxy groups -OCH3 is 1. The molecule has 0 saturated heterocycles. The summed E-state index contributed by atoms with van der Waals surface area (Å²) in [4.78, 5) is 11.9. The molecule has 104 valence electrons. The van der Waals surface area contributed by atoms with E-state index in [1.54, 1.807) is 0 Å². The quantitative estimate of drug-likeness (QED) is 0.872. The third-order valence-corrected chi connectivity index (χ3v) is 2.70. The van der Waals surface area contributed by atoms with Crippen LogP contribution in [0.2, 0.25) is 0 Å². The second kappa shape index (κ2) is 6.06. The number of benzene rings is 2. The molecule has 20 heavy (non-hydrogen) atoms. The SMILES string of the molecule is COc1cc(F)c(O)cc1C(=O)OCc1ccccc1. The Bertz CT molecular complexity index is 611. The van der Waals surface area contributed by atoms with Crippen LogP contribution < -0.4 is 4.74 Å². The van der Waals surface area contributed by atoms with Crippen molar-refractivity contribution < 1.29 is 23.8 Å². The number of hydrogen-bond donors (Lipinski definition) is 1. The van der Waals surface area contributed by atoms with Gasteiger partial charge in [0.2, 0.25) is 0 Å². The second-order valence-electron chi connectivity index (χ2n) is 4.07. The Morgan fingerprint density at radius 2 is 1.95 bits per heavy atom. The molecule has 0 saturated carbocycles. The second-order valence-corrected chi connectivity index (χ2v) is 4.07. The van der Waals surface area contributed by atoms with E-state index in [0.717, 1.165) is 17.7 Å². The number of phenols is 1. The van der Waals surface area contributed by atoms with Crippen LogP contribution in [0, 0.1) is 5.82 Å². The maximum Gasteiger partial charge on any atom is 0.342 e. The standard InChI is InChI=1S/C15H13FO4/c1-19-14-8-12(16)13(17)7-11(14)15(18)20-9-10-5-3-2-4-6-10/h2-8,17H,9H2,1H3. The van der Waals surface area contributed by atoms with Gasteiger partial charge in [0.1, 0.15) is 17.9 Å². The average molecular weight is 276 g/mol. The minimum atomic E-state index is -0.860. The van der Waals surface area contributed by atoms with E-state index in [1.807, 2.05) is 30.3 Å². The number of carbonyl (C=O) groups excluding carboxylic acids is 1. The van der Waals surface area contributed by atoms with Gasteiger partial charge in [-0.3, -0.25) is 0 Å². The van der Waals surface area contributed by atoms with Crippen molar-refractivity contribution in [3.05, 3.63) is 59.4 Å². The number of halogens is 1. The molecule has 0 aliphatic rings. The first-order valence-corrected chi connectivity index (χ1v) is 5.89. The van der Waals surface area contributed by atoms with Crippen LogP contribution in [0.1, 0.15) is 15.9 Å². The summed E-state index contributed by atoms with van der Waals surface area (Å²) >= 11 is 0. The maximum absolute atomic E-state index is 13.2. The lowest BCUT2D eigenvalue weighted by Crippen LogP contribution is -2.07. The number of esters is 1. The molecule has 0 atom stereocenters. The molecule has 0 aliphatic heterocycles. The van der Waals surface area contributed by atoms with Crippen LogP contribution in [0.5, 0.6) is 11.5 Å². The first-order chi connectivity index (χ1) is 9.61. The molecule has 2 aromatic carbocycles. The molecule has 0 bridgehead atoms. The van der Waals surface area contributed by atoms with Crippen molar-refractivity contribution in [2.45, 2.75) is 6.61 Å². The Labute approximate surface area is 115 Å². The fourth-order valence-corrected chi connectivity index (χ4v) is 1.67. The molecule has 0 heterocycles. The van der Waals surface area contributed by atoms with E-state index in [1.165, 1.54) is 7.11 Å². The van der Waals surface area contributed by atoms with Crippen molar-refractivity contribution in [1.29, 1.82) is 0 Å². The molecular weight excluding hydrogens is 263 g/mol. The van der Waals surface area contributed by atoms with Crippen LogP contribution in [-0.4, -0.2) is 18.2 Å². The number of phenolic OH excluding ortho intramolecular Hbond substituents is 1. The van der Waals surface area contributed by atoms with Crippen LogP contribution in [-0.2, 0) is 11.3 Å². The summed E-state index contributed by atoms with van der Waals surface area (Å²) in [5, 5.41) is 9.32. The van der Waals surface area contributed by atoms with Gasteiger partial charge >= 0.3 is 5.97 Å². The molecule has 2 aromatic rings. The molecule has 5 heteroatoms. The molecule has 0 fully saturated rings. The molecule has 0 radical (unpaired) electrons. The van der Waals surface area contributed by atoms with Crippen molar-refractivity contribution in [1.82, 2.24) is 0 Å². The summed E-state index contributed by atoms with van der Waals surface area (Å²) < 4.78 is 23.2. The number of ether oxygens (including phenoxy) is 2. The van der Waals surface area contributed by atoms with Crippen LogP contribution in [0.25, 0.3) is 0 Å². The summed E-state index contributed by atoms with van der Waals surface area (Å²) in [6, 6.07) is 11.1. The highest BCUT2D eigenvalue weighted by Crippen LogP contribution is 2.27. The predicted molar refractivity (Wildman–Crippen MR) is 70.2 cm³/mol. The Hall–Kier alpha value is -2.56. The molecule has 0 aromatic heterocycles. The lowest BCUT2D eigenvalue weighted by molar-refractivity contribution is 0.0468. The fourth-order valence-electron chi connectivity index (χ4n) is 1.67. The van der Waals surface area contributed by atoms with Gasteiger partial charge in [0.15, 0.2) is 11.6 Å². The zero-order valence-corrected chi connectivity index (χ0v) is 10.8. The van der Waals surface area contributed by atoms with E-state index in [4.69, 9.17) is 9.47 Å². The molecule has 2 rings (SSSR count). The van der Waals surface area contributed by atoms with Gasteiger partial charge in [-0.1, -0.05) is 30.3 Å². The Morgan fingerprint density at radius 3 is 2.60 bits per heavy atom. The molecular formula is C15H13FO4. The number of aromatic hydroxyl groups is 1. The van der Waals surface area contributed by atoms with E-state index < -0.39 is 17.5 Å². The van der Waals surface area contributed by atoms with Crippen molar-refractivity contribution in [3.8, 4) is 11.5 Å². The van der Waals surface area contributed by atoms with E-state index in [0.29, 0.717) is 0 Å². The summed E-state index contributed by atoms with van der Waals surface area (Å²) in [6.45, 7) is 0.0843. The van der Waals surface area contributed by atoms with E-state index in [-0.39, 0.29) is 17.9 Å². The fraction of sp³-hybridized carbons (Fsp3) is 0.133. The maximum atomic E-state index is 13.2. The topological polar surface area (TPSA) is 55.8 Å². The van der Waals surface area contributed by atoms with Crippen molar-refractivity contribution in [3.63, 3.8) is 0 Å². The van der Waals surface area contributed by atoms with Gasteiger partial charge in [0.05, 0.1) is 7.11 Å². The molecule has 0 unspecified atom stereocenters. The molecule has 0 spiro atoms. The van der Waals surface area contributed by atoms with E-state index in [2.05, 4.69) is 0 Å². The largest absolute Gasteiger partial charge is 0.505 e. The third-order valence-electron chi connectivity index (χ3n) is 2.70. The van der Waals surface area contributed by atoms with E-state index >= 15 is 0 Å². The van der Waals surface area contributed by atoms with Gasteiger partial charge in [-0.2, -0.15) is 0 Å². The number of hydrogen-bond acceptors (Lipinski definition) is 4. The highest BCUT2D eigenvalue weighted by atomic mass is 19.1. The summed E-state index contributed by atoms with van der Waals surface area (Å²) in [5.41, 5.74) is 0.800. The highest BCUT2D eigenvalue weighted by Gasteiger charge is 2.17. The zero-order chi connectivity index (χ0) is 14.5. The van der Waals surface area contributed by atoms with Gasteiger partial charge in [0, 0.05) is 12.1 Å². The summed E-state index contributed by atoms with van der Waals surface area (Å²) in [7, 11) is 1.31. The minimum Gasteiger partial charge on any atom is -0.505 e. The molecule has 4 nitrogen and oxygen atoms in total. The van der Waals surface area contributed by atoms with Crippen molar-refractivity contribution >= 4 is 5.97 Å². The van der Waals surface area contributed by atoms with Crippen LogP contribution in [0.15, 0.2) is 42.5 Å². The lowest BCUT2D eigenvalue weighted by atomic mass is 10.2. The smallest absolute Gasteiger partial charge is 0.342 e. The molecule has 0 aliphatic carbocycles. The first-order valence-electron chi connectivity index (χ1n) is 5.89. The number of carbonyl (C=O) groups is 1. The normalized spacial score (nSPS) is 10.1. The average Bonchev–Trinajstić information content (AvgIpc) is 2.48. The van der Waals surface area contributed by atoms with Gasteiger partial charge < -0.3 is 14.6 Å². The van der Waals surface area contributed by atoms with Crippen LogP contribution in [0.4, 0.5) is 4.39 Å². The Balaban J connectivity index is 2.15. The molecule has 0 amide bonds. The van der Waals surface area contributed by atoms with Crippen molar-refractivity contribution in [2.75, 3.05) is 7.11 Å². The third kappa shape index (κ3) is 3.06. The van der Waals surface area contributed by atoms with Gasteiger partial charge in [-0.15, -0.1) is 0 Å². The van der Waals surface area contributed by atoms with E-state index in [9.17, 15) is 14.3 Å². The Kier molecular flexibility index (Phi) is 4.20. The lowest BCUT2D eigenvalue weighted by Gasteiger charge is -2.09. The first kappa shape index (κ1) is 13.9. The molecule has 1 N–H and O–H groups in total. The Morgan fingerprint density at radius 1 is 1.25 bits per heavy atom. The van der Waals surface area contributed by atoms with Crippen LogP contribution >= 0.6 is 0 Å². The van der Waals surface area contributed by atoms with Crippen LogP contribution in [0.3, 0.4) is 0 Å². The van der Waals surface area contributed by atoms with Gasteiger partial charge in [0.25, 0.3) is 0 Å². The number of rotatable bonds is 4. The van der Waals surface area contributed by atoms with Gasteiger partial charge in [-0.05, 0) is 5.56 Å². The monoisotopic (exact) mass is 276 g/mol. The summed E-state index contributed by atoms with van der Waals surface area (Å²) in [6.07, 6.45) is 0. The predicted octanol–water partition coefficient (Wildman–Crippen LogP) is 2.90.